The fourth-order valence-corrected chi connectivity index (χ4v) is 2.85. The molecule has 1 saturated carbocycles. The number of carbonyl (C=O) groups excluding carboxylic acids is 1. The van der Waals surface area contributed by atoms with E-state index in [2.05, 4.69) is 29.4 Å². The lowest BCUT2D eigenvalue weighted by Crippen LogP contribution is -2.26. The number of amides is 1. The Kier molecular flexibility index (Phi) is 4.83. The fraction of sp³-hybridized carbons (Fsp3) is 0.533. The normalized spacial score (nSPS) is 22.3. The molecule has 4 nitrogen and oxygen atoms in total. The van der Waals surface area contributed by atoms with E-state index in [4.69, 9.17) is 0 Å². The van der Waals surface area contributed by atoms with Crippen LogP contribution in [0.2, 0.25) is 0 Å². The summed E-state index contributed by atoms with van der Waals surface area (Å²) < 4.78 is 38.6. The Balaban J connectivity index is 2.13. The average Bonchev–Trinajstić information content (AvgIpc) is 2.43. The molecule has 7 heteroatoms. The molecule has 0 aliphatic heterocycles. The van der Waals surface area contributed by atoms with E-state index in [0.29, 0.717) is 11.8 Å². The van der Waals surface area contributed by atoms with Gasteiger partial charge in [-0.1, -0.05) is 13.8 Å². The molecule has 1 aliphatic rings. The van der Waals surface area contributed by atoms with Crippen LogP contribution < -0.4 is 5.43 Å². The monoisotopic (exact) mass is 313 g/mol. The van der Waals surface area contributed by atoms with E-state index in [1.54, 1.807) is 0 Å². The van der Waals surface area contributed by atoms with Crippen molar-refractivity contribution in [1.82, 2.24) is 10.4 Å². The van der Waals surface area contributed by atoms with Crippen LogP contribution in [-0.4, -0.2) is 16.6 Å². The molecule has 0 saturated heterocycles. The van der Waals surface area contributed by atoms with Gasteiger partial charge in [-0.2, -0.15) is 18.3 Å². The number of hydrogen-bond donors (Lipinski definition) is 1. The molecule has 1 aromatic rings. The van der Waals surface area contributed by atoms with E-state index in [9.17, 15) is 18.0 Å². The minimum atomic E-state index is -4.60. The van der Waals surface area contributed by atoms with Crippen molar-refractivity contribution in [2.24, 2.45) is 16.9 Å². The summed E-state index contributed by atoms with van der Waals surface area (Å²) in [7, 11) is 0. The van der Waals surface area contributed by atoms with E-state index in [0.717, 1.165) is 43.4 Å². The zero-order valence-corrected chi connectivity index (χ0v) is 12.4. The second-order valence-electron chi connectivity index (χ2n) is 5.89. The first kappa shape index (κ1) is 16.5. The highest BCUT2D eigenvalue weighted by atomic mass is 19.4. The van der Waals surface area contributed by atoms with Gasteiger partial charge in [0, 0.05) is 18.1 Å². The second kappa shape index (κ2) is 6.46. The average molecular weight is 313 g/mol. The molecule has 2 atom stereocenters. The maximum atomic E-state index is 12.9. The number of hydrogen-bond acceptors (Lipinski definition) is 3. The molecule has 1 fully saturated rings. The number of halogens is 3. The van der Waals surface area contributed by atoms with Gasteiger partial charge in [-0.25, -0.2) is 5.43 Å². The first-order valence-corrected chi connectivity index (χ1v) is 7.14. The summed E-state index contributed by atoms with van der Waals surface area (Å²) in [4.78, 5) is 15.5. The van der Waals surface area contributed by atoms with E-state index in [1.807, 2.05) is 0 Å². The minimum Gasteiger partial charge on any atom is -0.267 e. The maximum absolute atomic E-state index is 12.9. The smallest absolute Gasteiger partial charge is 0.267 e. The highest BCUT2D eigenvalue weighted by Crippen LogP contribution is 2.31. The fourth-order valence-electron chi connectivity index (χ4n) is 2.85. The SMILES string of the molecule is CC1CC(=NNC(=O)c2cnccc2C(F)(F)F)CC(C)C1. The first-order valence-electron chi connectivity index (χ1n) is 7.14. The zero-order chi connectivity index (χ0) is 16.3. The number of alkyl halides is 3. The number of nitrogens with zero attached hydrogens (tertiary/aromatic N) is 2. The molecular weight excluding hydrogens is 295 g/mol. The third-order valence-electron chi connectivity index (χ3n) is 3.66. The van der Waals surface area contributed by atoms with Gasteiger partial charge < -0.3 is 0 Å². The predicted molar refractivity (Wildman–Crippen MR) is 76.3 cm³/mol. The van der Waals surface area contributed by atoms with Gasteiger partial charge in [0.05, 0.1) is 11.1 Å². The van der Waals surface area contributed by atoms with Crippen LogP contribution in [0.3, 0.4) is 0 Å². The van der Waals surface area contributed by atoms with Crippen LogP contribution >= 0.6 is 0 Å². The molecule has 1 heterocycles. The zero-order valence-electron chi connectivity index (χ0n) is 12.4. The van der Waals surface area contributed by atoms with Crippen LogP contribution in [0.15, 0.2) is 23.6 Å². The summed E-state index contributed by atoms with van der Waals surface area (Å²) in [6.45, 7) is 4.19. The van der Waals surface area contributed by atoms with Crippen LogP contribution in [0.25, 0.3) is 0 Å². The molecule has 1 aromatic heterocycles. The number of nitrogens with one attached hydrogen (secondary N) is 1. The summed E-state index contributed by atoms with van der Waals surface area (Å²) >= 11 is 0. The van der Waals surface area contributed by atoms with Gasteiger partial charge in [0.1, 0.15) is 0 Å². The highest BCUT2D eigenvalue weighted by molar-refractivity contribution is 5.96. The van der Waals surface area contributed by atoms with Gasteiger partial charge in [-0.15, -0.1) is 0 Å². The molecule has 2 rings (SSSR count). The number of pyridine rings is 1. The molecule has 0 bridgehead atoms. The number of aromatic nitrogens is 1. The Hall–Kier alpha value is -1.92. The van der Waals surface area contributed by atoms with Crippen LogP contribution in [0, 0.1) is 11.8 Å². The largest absolute Gasteiger partial charge is 0.417 e. The van der Waals surface area contributed by atoms with Crippen LogP contribution in [0.5, 0.6) is 0 Å². The molecule has 0 radical (unpaired) electrons. The maximum Gasteiger partial charge on any atom is 0.417 e. The molecule has 1 amide bonds. The van der Waals surface area contributed by atoms with Crippen molar-refractivity contribution >= 4 is 11.6 Å². The molecule has 22 heavy (non-hydrogen) atoms. The summed E-state index contributed by atoms with van der Waals surface area (Å²) in [6.07, 6.45) is -0.0849. The minimum absolute atomic E-state index is 0.462. The number of rotatable bonds is 2. The Labute approximate surface area is 126 Å². The van der Waals surface area contributed by atoms with Crippen molar-refractivity contribution in [3.05, 3.63) is 29.6 Å². The van der Waals surface area contributed by atoms with Gasteiger partial charge in [0.25, 0.3) is 5.91 Å². The third kappa shape index (κ3) is 4.05. The molecule has 0 spiro atoms. The van der Waals surface area contributed by atoms with E-state index < -0.39 is 23.2 Å². The van der Waals surface area contributed by atoms with Gasteiger partial charge in [0.15, 0.2) is 0 Å². The van der Waals surface area contributed by atoms with Crippen molar-refractivity contribution < 1.29 is 18.0 Å². The third-order valence-corrected chi connectivity index (χ3v) is 3.66. The number of hydrazone groups is 1. The van der Waals surface area contributed by atoms with Gasteiger partial charge in [-0.05, 0) is 37.2 Å². The molecule has 0 aromatic carbocycles. The van der Waals surface area contributed by atoms with Crippen molar-refractivity contribution in [2.45, 2.75) is 39.3 Å². The second-order valence-corrected chi connectivity index (χ2v) is 5.89. The van der Waals surface area contributed by atoms with Gasteiger partial charge in [-0.3, -0.25) is 9.78 Å². The van der Waals surface area contributed by atoms with Crippen LogP contribution in [0.1, 0.15) is 49.0 Å². The quantitative estimate of drug-likeness (QED) is 0.847. The number of carbonyl (C=O) groups is 1. The van der Waals surface area contributed by atoms with Gasteiger partial charge >= 0.3 is 6.18 Å². The summed E-state index contributed by atoms with van der Waals surface area (Å²) in [5, 5.41) is 4.01. The molecule has 1 aliphatic carbocycles. The van der Waals surface area contributed by atoms with Crippen molar-refractivity contribution in [3.8, 4) is 0 Å². The first-order chi connectivity index (χ1) is 10.3. The standard InChI is InChI=1S/C15H18F3N3O/c1-9-5-10(2)7-11(6-9)20-21-14(22)12-8-19-4-3-13(12)15(16,17)18/h3-4,8-10H,5-7H2,1-2H3,(H,21,22). The summed E-state index contributed by atoms with van der Waals surface area (Å²) in [5.74, 6) is 0.0332. The molecule has 120 valence electrons. The lowest BCUT2D eigenvalue weighted by molar-refractivity contribution is -0.138. The predicted octanol–water partition coefficient (Wildman–Crippen LogP) is 3.64. The lowest BCUT2D eigenvalue weighted by atomic mass is 9.82. The van der Waals surface area contributed by atoms with E-state index in [-0.39, 0.29) is 0 Å². The van der Waals surface area contributed by atoms with Gasteiger partial charge in [0.2, 0.25) is 0 Å². The Morgan fingerprint density at radius 2 is 1.95 bits per heavy atom. The Morgan fingerprint density at radius 3 is 2.55 bits per heavy atom. The molecular formula is C15H18F3N3O. The van der Waals surface area contributed by atoms with E-state index >= 15 is 0 Å². The Morgan fingerprint density at radius 1 is 1.32 bits per heavy atom. The van der Waals surface area contributed by atoms with Crippen molar-refractivity contribution in [1.29, 1.82) is 0 Å². The molecule has 2 unspecified atom stereocenters. The summed E-state index contributed by atoms with van der Waals surface area (Å²) in [5.41, 5.74) is 1.52. The summed E-state index contributed by atoms with van der Waals surface area (Å²) in [6, 6.07) is 0.785. The van der Waals surface area contributed by atoms with Crippen molar-refractivity contribution in [2.75, 3.05) is 0 Å². The lowest BCUT2D eigenvalue weighted by Gasteiger charge is -2.25. The van der Waals surface area contributed by atoms with Crippen LogP contribution in [0.4, 0.5) is 13.2 Å². The highest BCUT2D eigenvalue weighted by Gasteiger charge is 2.35. The van der Waals surface area contributed by atoms with E-state index in [1.165, 1.54) is 0 Å². The topological polar surface area (TPSA) is 54.4 Å². The van der Waals surface area contributed by atoms with Crippen molar-refractivity contribution in [3.63, 3.8) is 0 Å². The Bertz CT molecular complexity index is 572. The molecule has 1 N–H and O–H groups in total. The van der Waals surface area contributed by atoms with Crippen LogP contribution in [-0.2, 0) is 6.18 Å².